The Balaban J connectivity index is 2.27. The summed E-state index contributed by atoms with van der Waals surface area (Å²) in [6.07, 6.45) is 3.51. The SMILES string of the molecule is CCCn1ncc(C)c1N1CC(CBr)CC1=O. The van der Waals surface area contributed by atoms with Gasteiger partial charge in [0.05, 0.1) is 6.20 Å². The Bertz CT molecular complexity index is 416. The molecule has 94 valence electrons. The van der Waals surface area contributed by atoms with Crippen molar-refractivity contribution >= 4 is 27.7 Å². The Morgan fingerprint density at radius 1 is 1.59 bits per heavy atom. The highest BCUT2D eigenvalue weighted by Gasteiger charge is 2.32. The number of hydrogen-bond acceptors (Lipinski definition) is 2. The first-order valence-electron chi connectivity index (χ1n) is 6.06. The summed E-state index contributed by atoms with van der Waals surface area (Å²) in [4.78, 5) is 13.9. The van der Waals surface area contributed by atoms with E-state index in [9.17, 15) is 4.79 Å². The van der Waals surface area contributed by atoms with Crippen LogP contribution in [0.15, 0.2) is 6.20 Å². The lowest BCUT2D eigenvalue weighted by atomic mass is 10.2. The van der Waals surface area contributed by atoms with E-state index in [4.69, 9.17) is 0 Å². The van der Waals surface area contributed by atoms with Gasteiger partial charge >= 0.3 is 0 Å². The fourth-order valence-electron chi connectivity index (χ4n) is 2.29. The van der Waals surface area contributed by atoms with Gasteiger partial charge in [-0.2, -0.15) is 5.10 Å². The van der Waals surface area contributed by atoms with Crippen LogP contribution < -0.4 is 4.90 Å². The summed E-state index contributed by atoms with van der Waals surface area (Å²) >= 11 is 3.46. The molecular formula is C12H18BrN3O. The van der Waals surface area contributed by atoms with Gasteiger partial charge in [0.2, 0.25) is 5.91 Å². The van der Waals surface area contributed by atoms with Crippen molar-refractivity contribution in [3.63, 3.8) is 0 Å². The van der Waals surface area contributed by atoms with Gasteiger partial charge in [-0.25, -0.2) is 4.68 Å². The maximum absolute atomic E-state index is 12.0. The number of halogens is 1. The minimum atomic E-state index is 0.218. The first-order chi connectivity index (χ1) is 8.17. The smallest absolute Gasteiger partial charge is 0.228 e. The molecule has 1 atom stereocenters. The third-order valence-corrected chi connectivity index (χ3v) is 4.02. The molecule has 1 aromatic heterocycles. The van der Waals surface area contributed by atoms with Crippen molar-refractivity contribution in [1.82, 2.24) is 9.78 Å². The first-order valence-corrected chi connectivity index (χ1v) is 7.18. The second kappa shape index (κ2) is 5.21. The van der Waals surface area contributed by atoms with Gasteiger partial charge in [-0.05, 0) is 19.3 Å². The van der Waals surface area contributed by atoms with E-state index in [0.717, 1.165) is 36.2 Å². The van der Waals surface area contributed by atoms with Crippen LogP contribution in [-0.2, 0) is 11.3 Å². The molecule has 1 unspecified atom stereocenters. The van der Waals surface area contributed by atoms with Crippen LogP contribution in [0.1, 0.15) is 25.3 Å². The average Bonchev–Trinajstić information content (AvgIpc) is 2.83. The van der Waals surface area contributed by atoms with Crippen molar-refractivity contribution in [2.45, 2.75) is 33.2 Å². The molecule has 0 bridgehead atoms. The van der Waals surface area contributed by atoms with Crippen molar-refractivity contribution in [3.05, 3.63) is 11.8 Å². The molecule has 5 heteroatoms. The second-order valence-electron chi connectivity index (χ2n) is 4.60. The molecule has 0 radical (unpaired) electrons. The molecule has 0 spiro atoms. The van der Waals surface area contributed by atoms with E-state index in [1.165, 1.54) is 0 Å². The predicted octanol–water partition coefficient (Wildman–Crippen LogP) is 2.35. The highest BCUT2D eigenvalue weighted by atomic mass is 79.9. The van der Waals surface area contributed by atoms with Crippen molar-refractivity contribution in [1.29, 1.82) is 0 Å². The number of hydrogen-bond donors (Lipinski definition) is 0. The predicted molar refractivity (Wildman–Crippen MR) is 71.5 cm³/mol. The number of alkyl halides is 1. The molecule has 1 aliphatic rings. The van der Waals surface area contributed by atoms with Crippen LogP contribution in [0.25, 0.3) is 0 Å². The number of carbonyl (C=O) groups is 1. The largest absolute Gasteiger partial charge is 0.296 e. The molecule has 1 amide bonds. The summed E-state index contributed by atoms with van der Waals surface area (Å²) in [6, 6.07) is 0. The van der Waals surface area contributed by atoms with Crippen LogP contribution >= 0.6 is 15.9 Å². The molecule has 1 aliphatic heterocycles. The zero-order valence-electron chi connectivity index (χ0n) is 10.3. The molecule has 0 saturated carbocycles. The topological polar surface area (TPSA) is 38.1 Å². The standard InChI is InChI=1S/C12H18BrN3O/c1-3-4-16-12(9(2)7-14-16)15-8-10(6-13)5-11(15)17/h7,10H,3-6,8H2,1-2H3. The fourth-order valence-corrected chi connectivity index (χ4v) is 2.72. The summed E-state index contributed by atoms with van der Waals surface area (Å²) in [5, 5.41) is 5.23. The van der Waals surface area contributed by atoms with Gasteiger partial charge < -0.3 is 0 Å². The molecule has 0 aromatic carbocycles. The van der Waals surface area contributed by atoms with E-state index in [1.807, 2.05) is 22.7 Å². The minimum Gasteiger partial charge on any atom is -0.296 e. The molecule has 17 heavy (non-hydrogen) atoms. The van der Waals surface area contributed by atoms with E-state index in [-0.39, 0.29) is 5.91 Å². The van der Waals surface area contributed by atoms with Crippen molar-refractivity contribution in [2.75, 3.05) is 16.8 Å². The lowest BCUT2D eigenvalue weighted by Crippen LogP contribution is -2.28. The van der Waals surface area contributed by atoms with E-state index < -0.39 is 0 Å². The molecule has 0 aliphatic carbocycles. The highest BCUT2D eigenvalue weighted by Crippen LogP contribution is 2.28. The zero-order valence-corrected chi connectivity index (χ0v) is 11.9. The first kappa shape index (κ1) is 12.6. The Morgan fingerprint density at radius 2 is 2.35 bits per heavy atom. The Kier molecular flexibility index (Phi) is 3.86. The molecule has 2 heterocycles. The van der Waals surface area contributed by atoms with Gasteiger partial charge in [0.15, 0.2) is 0 Å². The molecule has 1 saturated heterocycles. The van der Waals surface area contributed by atoms with Crippen LogP contribution in [0, 0.1) is 12.8 Å². The molecule has 2 rings (SSSR count). The molecule has 1 aromatic rings. The Hall–Kier alpha value is -0.840. The van der Waals surface area contributed by atoms with E-state index in [1.54, 1.807) is 0 Å². The van der Waals surface area contributed by atoms with Crippen molar-refractivity contribution < 1.29 is 4.79 Å². The van der Waals surface area contributed by atoms with Crippen LogP contribution in [0.2, 0.25) is 0 Å². The Labute approximate surface area is 110 Å². The summed E-state index contributed by atoms with van der Waals surface area (Å²) in [5.74, 6) is 1.63. The van der Waals surface area contributed by atoms with Gasteiger partial charge in [0.1, 0.15) is 5.82 Å². The molecule has 4 nitrogen and oxygen atoms in total. The lowest BCUT2D eigenvalue weighted by Gasteiger charge is -2.19. The van der Waals surface area contributed by atoms with Crippen molar-refractivity contribution in [2.24, 2.45) is 5.92 Å². The third-order valence-electron chi connectivity index (χ3n) is 3.10. The average molecular weight is 300 g/mol. The zero-order chi connectivity index (χ0) is 12.4. The van der Waals surface area contributed by atoms with Crippen LogP contribution in [0.4, 0.5) is 5.82 Å². The maximum Gasteiger partial charge on any atom is 0.228 e. The Morgan fingerprint density at radius 3 is 2.94 bits per heavy atom. The fraction of sp³-hybridized carbons (Fsp3) is 0.667. The minimum absolute atomic E-state index is 0.218. The number of aromatic nitrogens is 2. The molecule has 0 N–H and O–H groups in total. The van der Waals surface area contributed by atoms with Crippen LogP contribution in [-0.4, -0.2) is 27.6 Å². The van der Waals surface area contributed by atoms with Gasteiger partial charge in [-0.15, -0.1) is 0 Å². The molecule has 1 fully saturated rings. The van der Waals surface area contributed by atoms with E-state index in [2.05, 4.69) is 28.0 Å². The number of amides is 1. The number of anilines is 1. The van der Waals surface area contributed by atoms with Gasteiger partial charge in [0.25, 0.3) is 0 Å². The van der Waals surface area contributed by atoms with Crippen molar-refractivity contribution in [3.8, 4) is 0 Å². The van der Waals surface area contributed by atoms with Crippen LogP contribution in [0.3, 0.4) is 0 Å². The summed E-state index contributed by atoms with van der Waals surface area (Å²) in [6.45, 7) is 5.81. The normalized spacial score (nSPS) is 20.3. The van der Waals surface area contributed by atoms with E-state index in [0.29, 0.717) is 12.3 Å². The summed E-state index contributed by atoms with van der Waals surface area (Å²) in [5.41, 5.74) is 1.09. The maximum atomic E-state index is 12.0. The van der Waals surface area contributed by atoms with Gasteiger partial charge in [-0.3, -0.25) is 9.69 Å². The van der Waals surface area contributed by atoms with Gasteiger partial charge in [0, 0.05) is 30.4 Å². The number of nitrogens with zero attached hydrogens (tertiary/aromatic N) is 3. The quantitative estimate of drug-likeness (QED) is 0.801. The second-order valence-corrected chi connectivity index (χ2v) is 5.25. The van der Waals surface area contributed by atoms with Crippen LogP contribution in [0.5, 0.6) is 0 Å². The summed E-state index contributed by atoms with van der Waals surface area (Å²) < 4.78 is 1.95. The summed E-state index contributed by atoms with van der Waals surface area (Å²) in [7, 11) is 0. The monoisotopic (exact) mass is 299 g/mol. The van der Waals surface area contributed by atoms with Gasteiger partial charge in [-0.1, -0.05) is 22.9 Å². The lowest BCUT2D eigenvalue weighted by molar-refractivity contribution is -0.117. The number of carbonyl (C=O) groups excluding carboxylic acids is 1. The number of aryl methyl sites for hydroxylation is 2. The number of rotatable bonds is 4. The third kappa shape index (κ3) is 2.39. The molecular weight excluding hydrogens is 282 g/mol. The highest BCUT2D eigenvalue weighted by molar-refractivity contribution is 9.09. The van der Waals surface area contributed by atoms with E-state index >= 15 is 0 Å².